The maximum atomic E-state index is 16.4. The van der Waals surface area contributed by atoms with Gasteiger partial charge in [0.2, 0.25) is 10.0 Å². The van der Waals surface area contributed by atoms with Crippen molar-refractivity contribution >= 4 is 15.6 Å². The zero-order valence-electron chi connectivity index (χ0n) is 22.3. The fraction of sp³-hybridized carbons (Fsp3) is 0.429. The monoisotopic (exact) mass is 584 g/mol. The van der Waals surface area contributed by atoms with Crippen LogP contribution in [0, 0.1) is 0 Å². The van der Waals surface area contributed by atoms with Gasteiger partial charge >= 0.3 is 6.36 Å². The third-order valence-electron chi connectivity index (χ3n) is 6.56. The molecule has 1 saturated heterocycles. The molecule has 2 aromatic rings. The lowest BCUT2D eigenvalue weighted by Crippen LogP contribution is -2.52. The summed E-state index contributed by atoms with van der Waals surface area (Å²) in [4.78, 5) is 1.71. The molecule has 4 rings (SSSR count). The number of allylic oxidation sites excluding steroid dienone is 2. The van der Waals surface area contributed by atoms with E-state index in [9.17, 15) is 21.6 Å². The summed E-state index contributed by atoms with van der Waals surface area (Å²) in [6.07, 6.45) is -3.37. The smallest absolute Gasteiger partial charge is 0.497 e. The average molecular weight is 585 g/mol. The van der Waals surface area contributed by atoms with Crippen molar-refractivity contribution in [3.8, 4) is 5.75 Å². The number of ether oxygens (including phenoxy) is 3. The van der Waals surface area contributed by atoms with Crippen LogP contribution in [0.4, 0.5) is 17.6 Å². The van der Waals surface area contributed by atoms with E-state index < -0.39 is 27.8 Å². The van der Waals surface area contributed by atoms with E-state index in [1.165, 1.54) is 10.4 Å². The number of nitrogens with zero attached hydrogens (tertiary/aromatic N) is 2. The molecular weight excluding hydrogens is 552 g/mol. The molecule has 0 saturated carbocycles. The number of hydrogen-bond acceptors (Lipinski definition) is 6. The lowest BCUT2D eigenvalue weighted by atomic mass is 9.87. The maximum Gasteiger partial charge on any atom is 0.573 e. The average Bonchev–Trinajstić information content (AvgIpc) is 2.89. The lowest BCUT2D eigenvalue weighted by molar-refractivity contribution is -0.274. The summed E-state index contributed by atoms with van der Waals surface area (Å²) in [5.74, 6) is 0.402. The SMILES string of the molecule is CCOC1=CC(F)(CN2CCN(S(=O)(=O)c3ccc(OC(F)(F)F)cc3)CC2)CC(OCC)=C1c1ccccc1. The van der Waals surface area contributed by atoms with Crippen LogP contribution in [-0.4, -0.2) is 75.6 Å². The molecule has 40 heavy (non-hydrogen) atoms. The highest BCUT2D eigenvalue weighted by molar-refractivity contribution is 7.89. The van der Waals surface area contributed by atoms with Crippen LogP contribution in [0.1, 0.15) is 25.8 Å². The zero-order valence-corrected chi connectivity index (χ0v) is 23.1. The van der Waals surface area contributed by atoms with E-state index in [2.05, 4.69) is 4.74 Å². The van der Waals surface area contributed by atoms with E-state index in [4.69, 9.17) is 9.47 Å². The molecule has 0 spiro atoms. The van der Waals surface area contributed by atoms with E-state index in [1.54, 1.807) is 0 Å². The van der Waals surface area contributed by atoms with Gasteiger partial charge in [-0.1, -0.05) is 30.3 Å². The summed E-state index contributed by atoms with van der Waals surface area (Å²) < 4.78 is 96.6. The molecule has 0 amide bonds. The molecule has 218 valence electrons. The first-order valence-electron chi connectivity index (χ1n) is 13.0. The van der Waals surface area contributed by atoms with E-state index in [-0.39, 0.29) is 44.0 Å². The Morgan fingerprint density at radius 1 is 0.900 bits per heavy atom. The molecule has 0 N–H and O–H groups in total. The number of rotatable bonds is 10. The van der Waals surface area contributed by atoms with Gasteiger partial charge < -0.3 is 14.2 Å². The number of sulfonamides is 1. The Kier molecular flexibility index (Phi) is 9.11. The minimum atomic E-state index is -4.87. The third kappa shape index (κ3) is 7.15. The topological polar surface area (TPSA) is 68.3 Å². The van der Waals surface area contributed by atoms with Crippen molar-refractivity contribution in [2.24, 2.45) is 0 Å². The molecule has 1 heterocycles. The van der Waals surface area contributed by atoms with Crippen molar-refractivity contribution in [3.63, 3.8) is 0 Å². The molecule has 1 aliphatic heterocycles. The third-order valence-corrected chi connectivity index (χ3v) is 8.48. The molecule has 0 bridgehead atoms. The van der Waals surface area contributed by atoms with Crippen molar-refractivity contribution in [1.29, 1.82) is 0 Å². The highest BCUT2D eigenvalue weighted by atomic mass is 32.2. The Balaban J connectivity index is 1.45. The molecule has 1 aliphatic carbocycles. The van der Waals surface area contributed by atoms with Crippen LogP contribution >= 0.6 is 0 Å². The van der Waals surface area contributed by atoms with E-state index in [0.29, 0.717) is 24.7 Å². The van der Waals surface area contributed by atoms with Crippen LogP contribution in [-0.2, 0) is 19.5 Å². The number of hydrogen-bond donors (Lipinski definition) is 0. The van der Waals surface area contributed by atoms with Gasteiger partial charge in [0, 0.05) is 39.1 Å². The molecule has 12 heteroatoms. The van der Waals surface area contributed by atoms with Crippen LogP contribution in [0.2, 0.25) is 0 Å². The van der Waals surface area contributed by atoms with Crippen LogP contribution in [0.5, 0.6) is 5.75 Å². The number of alkyl halides is 4. The van der Waals surface area contributed by atoms with Gasteiger partial charge in [-0.2, -0.15) is 4.31 Å². The zero-order chi connectivity index (χ0) is 29.0. The van der Waals surface area contributed by atoms with Crippen molar-refractivity contribution in [3.05, 3.63) is 77.8 Å². The molecule has 2 aliphatic rings. The highest BCUT2D eigenvalue weighted by Crippen LogP contribution is 2.41. The molecule has 0 radical (unpaired) electrons. The standard InChI is InChI=1S/C28H32F4N2O5S/c1-3-37-24-18-27(29,19-25(38-4-2)26(24)21-8-6-5-7-9-21)20-33-14-16-34(17-15-33)40(35,36)23-12-10-22(11-13-23)39-28(30,31)32/h5-13,18H,3-4,14-17,19-20H2,1-2H3. The summed E-state index contributed by atoms with van der Waals surface area (Å²) in [5.41, 5.74) is -0.215. The minimum Gasteiger partial charge on any atom is -0.497 e. The number of halogens is 4. The van der Waals surface area contributed by atoms with Gasteiger partial charge in [0.15, 0.2) is 5.67 Å². The van der Waals surface area contributed by atoms with Crippen LogP contribution < -0.4 is 4.74 Å². The van der Waals surface area contributed by atoms with E-state index >= 15 is 4.39 Å². The Morgan fingerprint density at radius 3 is 2.10 bits per heavy atom. The Hall–Kier alpha value is -3.09. The van der Waals surface area contributed by atoms with Gasteiger partial charge in [-0.05, 0) is 49.8 Å². The molecule has 7 nitrogen and oxygen atoms in total. The lowest BCUT2D eigenvalue weighted by Gasteiger charge is -2.39. The molecule has 1 unspecified atom stereocenters. The van der Waals surface area contributed by atoms with Crippen LogP contribution in [0.3, 0.4) is 0 Å². The summed E-state index contributed by atoms with van der Waals surface area (Å²) in [7, 11) is -3.95. The summed E-state index contributed by atoms with van der Waals surface area (Å²) in [6, 6.07) is 13.6. The number of piperazine rings is 1. The number of benzene rings is 2. The van der Waals surface area contributed by atoms with E-state index in [1.807, 2.05) is 49.1 Å². The summed E-state index contributed by atoms with van der Waals surface area (Å²) >= 11 is 0. The summed E-state index contributed by atoms with van der Waals surface area (Å²) in [6.45, 7) is 5.14. The van der Waals surface area contributed by atoms with Crippen molar-refractivity contribution in [2.75, 3.05) is 45.9 Å². The largest absolute Gasteiger partial charge is 0.573 e. The van der Waals surface area contributed by atoms with Crippen molar-refractivity contribution < 1.29 is 40.2 Å². The second kappa shape index (κ2) is 12.2. The van der Waals surface area contributed by atoms with Gasteiger partial charge in [0.25, 0.3) is 0 Å². The van der Waals surface area contributed by atoms with Crippen molar-refractivity contribution in [1.82, 2.24) is 9.21 Å². The van der Waals surface area contributed by atoms with Gasteiger partial charge in [-0.15, -0.1) is 13.2 Å². The first-order chi connectivity index (χ1) is 18.9. The highest BCUT2D eigenvalue weighted by Gasteiger charge is 2.40. The van der Waals surface area contributed by atoms with E-state index in [0.717, 1.165) is 35.4 Å². The molecular formula is C28H32F4N2O5S. The fourth-order valence-electron chi connectivity index (χ4n) is 4.89. The van der Waals surface area contributed by atoms with Crippen molar-refractivity contribution in [2.45, 2.75) is 37.2 Å². The summed E-state index contributed by atoms with van der Waals surface area (Å²) in [5, 5.41) is 0. The molecule has 2 aromatic carbocycles. The first kappa shape index (κ1) is 29.9. The van der Waals surface area contributed by atoms with Gasteiger partial charge in [0.05, 0.1) is 23.7 Å². The minimum absolute atomic E-state index is 0.00645. The predicted molar refractivity (Wildman–Crippen MR) is 141 cm³/mol. The normalized spacial score (nSPS) is 21.2. The quantitative estimate of drug-likeness (QED) is 0.350. The van der Waals surface area contributed by atoms with Crippen LogP contribution in [0.15, 0.2) is 77.1 Å². The molecule has 0 aromatic heterocycles. The Morgan fingerprint density at radius 2 is 1.52 bits per heavy atom. The predicted octanol–water partition coefficient (Wildman–Crippen LogP) is 5.37. The second-order valence-corrected chi connectivity index (χ2v) is 11.4. The van der Waals surface area contributed by atoms with Crippen LogP contribution in [0.25, 0.3) is 5.57 Å². The fourth-order valence-corrected chi connectivity index (χ4v) is 6.31. The van der Waals surface area contributed by atoms with Gasteiger partial charge in [0.1, 0.15) is 17.3 Å². The molecule has 1 fully saturated rings. The maximum absolute atomic E-state index is 16.4. The molecule has 1 atom stereocenters. The Labute approximate surface area is 231 Å². The second-order valence-electron chi connectivity index (χ2n) is 9.45. The van der Waals surface area contributed by atoms with Gasteiger partial charge in [-0.3, -0.25) is 4.90 Å². The first-order valence-corrected chi connectivity index (χ1v) is 14.4. The Bertz CT molecular complexity index is 1320. The van der Waals surface area contributed by atoms with Gasteiger partial charge in [-0.25, -0.2) is 12.8 Å².